The van der Waals surface area contributed by atoms with Crippen molar-refractivity contribution in [1.29, 1.82) is 0 Å². The fourth-order valence-corrected chi connectivity index (χ4v) is 2.24. The lowest BCUT2D eigenvalue weighted by molar-refractivity contribution is -0.161. The van der Waals surface area contributed by atoms with Crippen molar-refractivity contribution < 1.29 is 19.8 Å². The molecular weight excluding hydrogens is 196 g/mol. The first-order valence-electron chi connectivity index (χ1n) is 4.93. The van der Waals surface area contributed by atoms with E-state index in [2.05, 4.69) is 0 Å². The normalized spacial score (nSPS) is 12.9. The van der Waals surface area contributed by atoms with Crippen molar-refractivity contribution in [1.82, 2.24) is 0 Å². The lowest BCUT2D eigenvalue weighted by Crippen LogP contribution is -2.39. The Morgan fingerprint density at radius 3 is 1.53 bits per heavy atom. The molecule has 0 unspecified atom stereocenters. The Kier molecular flexibility index (Phi) is 3.91. The second kappa shape index (κ2) is 4.21. The van der Waals surface area contributed by atoms with Crippen LogP contribution in [-0.4, -0.2) is 22.2 Å². The Bertz CT molecular complexity index is 246. The molecule has 0 aliphatic rings. The highest BCUT2D eigenvalue weighted by Gasteiger charge is 2.43. The third-order valence-corrected chi connectivity index (χ3v) is 2.26. The number of carboxylic acid groups (broad SMARTS) is 2. The van der Waals surface area contributed by atoms with E-state index >= 15 is 0 Å². The van der Waals surface area contributed by atoms with E-state index in [-0.39, 0.29) is 5.41 Å². The summed E-state index contributed by atoms with van der Waals surface area (Å²) in [6.07, 6.45) is 0.545. The Morgan fingerprint density at radius 1 is 1.00 bits per heavy atom. The molecule has 0 radical (unpaired) electrons. The van der Waals surface area contributed by atoms with E-state index in [1.165, 1.54) is 0 Å². The van der Waals surface area contributed by atoms with E-state index in [0.29, 0.717) is 6.42 Å². The van der Waals surface area contributed by atoms with E-state index in [0.717, 1.165) is 0 Å². The second-order valence-corrected chi connectivity index (χ2v) is 5.84. The molecule has 2 N–H and O–H groups in total. The van der Waals surface area contributed by atoms with Gasteiger partial charge in [0.1, 0.15) is 0 Å². The van der Waals surface area contributed by atoms with Crippen LogP contribution in [0.15, 0.2) is 0 Å². The van der Waals surface area contributed by atoms with E-state index < -0.39 is 23.3 Å². The Hall–Kier alpha value is -1.06. The molecule has 0 spiro atoms. The fraction of sp³-hybridized carbons (Fsp3) is 0.818. The SMILES string of the molecule is CC(C)(C)CC(C)(C)C(C(=O)O)C(=O)O. The van der Waals surface area contributed by atoms with Gasteiger partial charge in [-0.2, -0.15) is 0 Å². The smallest absolute Gasteiger partial charge is 0.318 e. The van der Waals surface area contributed by atoms with Crippen LogP contribution in [0.25, 0.3) is 0 Å². The third-order valence-electron chi connectivity index (χ3n) is 2.26. The van der Waals surface area contributed by atoms with Gasteiger partial charge in [0.25, 0.3) is 0 Å². The van der Waals surface area contributed by atoms with Gasteiger partial charge in [-0.25, -0.2) is 0 Å². The summed E-state index contributed by atoms with van der Waals surface area (Å²) in [6.45, 7) is 9.27. The van der Waals surface area contributed by atoms with Crippen molar-refractivity contribution in [3.05, 3.63) is 0 Å². The van der Waals surface area contributed by atoms with Crippen LogP contribution >= 0.6 is 0 Å². The van der Waals surface area contributed by atoms with E-state index in [1.54, 1.807) is 13.8 Å². The number of rotatable bonds is 4. The maximum atomic E-state index is 10.9. The van der Waals surface area contributed by atoms with E-state index in [1.807, 2.05) is 20.8 Å². The monoisotopic (exact) mass is 216 g/mol. The maximum Gasteiger partial charge on any atom is 0.318 e. The summed E-state index contributed by atoms with van der Waals surface area (Å²) in [5.41, 5.74) is -0.845. The predicted molar refractivity (Wildman–Crippen MR) is 56.6 cm³/mol. The number of carbonyl (C=O) groups is 2. The standard InChI is InChI=1S/C11H20O4/c1-10(2,3)6-11(4,5)7(8(12)13)9(14)15/h7H,6H2,1-5H3,(H,12,13)(H,14,15). The zero-order valence-electron chi connectivity index (χ0n) is 10.00. The van der Waals surface area contributed by atoms with Crippen LogP contribution in [0.5, 0.6) is 0 Å². The third kappa shape index (κ3) is 4.32. The molecule has 0 aromatic carbocycles. The minimum absolute atomic E-state index is 0.0906. The van der Waals surface area contributed by atoms with Gasteiger partial charge < -0.3 is 10.2 Å². The Labute approximate surface area is 90.3 Å². The Balaban J connectivity index is 4.96. The zero-order valence-corrected chi connectivity index (χ0v) is 10.00. The zero-order chi connectivity index (χ0) is 12.4. The Morgan fingerprint density at radius 2 is 1.33 bits per heavy atom. The van der Waals surface area contributed by atoms with Gasteiger partial charge in [-0.3, -0.25) is 9.59 Å². The molecule has 88 valence electrons. The summed E-state index contributed by atoms with van der Waals surface area (Å²) in [4.78, 5) is 21.8. The molecule has 0 aromatic heterocycles. The van der Waals surface area contributed by atoms with Gasteiger partial charge >= 0.3 is 11.9 Å². The number of hydrogen-bond acceptors (Lipinski definition) is 2. The van der Waals surface area contributed by atoms with Crippen LogP contribution in [0.4, 0.5) is 0 Å². The molecule has 0 atom stereocenters. The molecule has 0 fully saturated rings. The van der Waals surface area contributed by atoms with Crippen molar-refractivity contribution >= 4 is 11.9 Å². The van der Waals surface area contributed by atoms with Crippen LogP contribution in [0, 0.1) is 16.7 Å². The average molecular weight is 216 g/mol. The summed E-state index contributed by atoms with van der Waals surface area (Å²) in [5.74, 6) is -3.88. The molecule has 4 nitrogen and oxygen atoms in total. The molecule has 0 aliphatic heterocycles. The fourth-order valence-electron chi connectivity index (χ4n) is 2.24. The minimum atomic E-state index is -1.35. The molecule has 0 aliphatic carbocycles. The van der Waals surface area contributed by atoms with Crippen molar-refractivity contribution in [2.75, 3.05) is 0 Å². The highest BCUT2D eigenvalue weighted by Crippen LogP contribution is 2.39. The minimum Gasteiger partial charge on any atom is -0.481 e. The molecule has 0 aromatic rings. The van der Waals surface area contributed by atoms with E-state index in [9.17, 15) is 9.59 Å². The summed E-state index contributed by atoms with van der Waals surface area (Å²) >= 11 is 0. The summed E-state index contributed by atoms with van der Waals surface area (Å²) in [7, 11) is 0. The lowest BCUT2D eigenvalue weighted by atomic mass is 9.69. The van der Waals surface area contributed by atoms with Crippen LogP contribution in [-0.2, 0) is 9.59 Å². The van der Waals surface area contributed by atoms with Gasteiger partial charge in [-0.15, -0.1) is 0 Å². The molecule has 15 heavy (non-hydrogen) atoms. The molecule has 0 amide bonds. The van der Waals surface area contributed by atoms with Crippen LogP contribution < -0.4 is 0 Å². The van der Waals surface area contributed by atoms with Gasteiger partial charge in [0.05, 0.1) is 0 Å². The first-order valence-corrected chi connectivity index (χ1v) is 4.93. The summed E-state index contributed by atoms with van der Waals surface area (Å²) in [5, 5.41) is 17.8. The van der Waals surface area contributed by atoms with Gasteiger partial charge in [-0.05, 0) is 17.3 Å². The lowest BCUT2D eigenvalue weighted by Gasteiger charge is -2.34. The number of hydrogen-bond donors (Lipinski definition) is 2. The van der Waals surface area contributed by atoms with Gasteiger partial charge in [-0.1, -0.05) is 34.6 Å². The highest BCUT2D eigenvalue weighted by molar-refractivity contribution is 5.93. The van der Waals surface area contributed by atoms with Crippen molar-refractivity contribution in [2.24, 2.45) is 16.7 Å². The quantitative estimate of drug-likeness (QED) is 0.707. The summed E-state index contributed by atoms with van der Waals surface area (Å²) < 4.78 is 0. The molecule has 0 saturated carbocycles. The largest absolute Gasteiger partial charge is 0.481 e. The second-order valence-electron chi connectivity index (χ2n) is 5.84. The van der Waals surface area contributed by atoms with Gasteiger partial charge in [0, 0.05) is 0 Å². The molecule has 4 heteroatoms. The van der Waals surface area contributed by atoms with Gasteiger partial charge in [0.15, 0.2) is 5.92 Å². The highest BCUT2D eigenvalue weighted by atomic mass is 16.4. The van der Waals surface area contributed by atoms with Crippen LogP contribution in [0.3, 0.4) is 0 Å². The predicted octanol–water partition coefficient (Wildman–Crippen LogP) is 2.23. The van der Waals surface area contributed by atoms with Crippen LogP contribution in [0.2, 0.25) is 0 Å². The van der Waals surface area contributed by atoms with Crippen molar-refractivity contribution in [2.45, 2.75) is 41.0 Å². The molecular formula is C11H20O4. The number of carboxylic acids is 2. The molecule has 0 heterocycles. The average Bonchev–Trinajstić information content (AvgIpc) is 1.74. The maximum absolute atomic E-state index is 10.9. The topological polar surface area (TPSA) is 74.6 Å². The summed E-state index contributed by atoms with van der Waals surface area (Å²) in [6, 6.07) is 0. The van der Waals surface area contributed by atoms with Crippen LogP contribution in [0.1, 0.15) is 41.0 Å². The van der Waals surface area contributed by atoms with E-state index in [4.69, 9.17) is 10.2 Å². The first-order chi connectivity index (χ1) is 6.47. The molecule has 0 bridgehead atoms. The first kappa shape index (κ1) is 13.9. The molecule has 0 saturated heterocycles. The molecule has 0 rings (SSSR count). The van der Waals surface area contributed by atoms with Crippen molar-refractivity contribution in [3.63, 3.8) is 0 Å². The van der Waals surface area contributed by atoms with Crippen molar-refractivity contribution in [3.8, 4) is 0 Å². The number of aliphatic carboxylic acids is 2. The van der Waals surface area contributed by atoms with Gasteiger partial charge in [0.2, 0.25) is 0 Å².